The van der Waals surface area contributed by atoms with Crippen LogP contribution in [0.5, 0.6) is 0 Å². The molecule has 0 fully saturated rings. The third kappa shape index (κ3) is 3.64. The molecule has 0 radical (unpaired) electrons. The zero-order valence-electron chi connectivity index (χ0n) is 14.6. The van der Waals surface area contributed by atoms with Crippen molar-refractivity contribution in [1.29, 1.82) is 0 Å². The minimum absolute atomic E-state index is 0.0649. The van der Waals surface area contributed by atoms with Gasteiger partial charge in [-0.3, -0.25) is 0 Å². The van der Waals surface area contributed by atoms with Gasteiger partial charge >= 0.3 is 0 Å². The number of hydrogen-bond acceptors (Lipinski definition) is 5. The molecule has 25 heavy (non-hydrogen) atoms. The molecule has 1 aromatic heterocycles. The fraction of sp³-hybridized carbons (Fsp3) is 0.263. The van der Waals surface area contributed by atoms with Crippen molar-refractivity contribution >= 4 is 9.84 Å². The fourth-order valence-electron chi connectivity index (χ4n) is 2.54. The number of aromatic nitrogens is 2. The summed E-state index contributed by atoms with van der Waals surface area (Å²) in [6.07, 6.45) is 1.16. The molecule has 0 amide bonds. The molecule has 3 aromatic rings. The SMILES string of the molecule is CC(C)(C)c1ccc(-c2noc(-c3ccccc3S(C)(=O)=O)n2)cc1. The molecule has 0 bridgehead atoms. The Bertz CT molecular complexity index is 998. The average Bonchev–Trinajstić information content (AvgIpc) is 3.03. The molecule has 3 rings (SSSR count). The molecule has 0 unspecified atom stereocenters. The fourth-order valence-corrected chi connectivity index (χ4v) is 3.42. The lowest BCUT2D eigenvalue weighted by Gasteiger charge is -2.18. The molecule has 0 saturated carbocycles. The maximum atomic E-state index is 11.9. The normalized spacial score (nSPS) is 12.3. The summed E-state index contributed by atoms with van der Waals surface area (Å²) in [5.74, 6) is 0.620. The van der Waals surface area contributed by atoms with Gasteiger partial charge < -0.3 is 4.52 Å². The third-order valence-electron chi connectivity index (χ3n) is 3.95. The maximum absolute atomic E-state index is 11.9. The second-order valence-electron chi connectivity index (χ2n) is 7.02. The Hall–Kier alpha value is -2.47. The summed E-state index contributed by atoms with van der Waals surface area (Å²) >= 11 is 0. The molecule has 6 heteroatoms. The number of nitrogens with zero attached hydrogens (tertiary/aromatic N) is 2. The highest BCUT2D eigenvalue weighted by molar-refractivity contribution is 7.90. The van der Waals surface area contributed by atoms with Crippen LogP contribution in [0.3, 0.4) is 0 Å². The van der Waals surface area contributed by atoms with Crippen LogP contribution in [-0.2, 0) is 15.3 Å². The van der Waals surface area contributed by atoms with Crippen molar-refractivity contribution in [2.24, 2.45) is 0 Å². The standard InChI is InChI=1S/C19H20N2O3S/c1-19(2,3)14-11-9-13(10-12-14)17-20-18(24-21-17)15-7-5-6-8-16(15)25(4,22)23/h5-12H,1-4H3. The van der Waals surface area contributed by atoms with Crippen molar-refractivity contribution in [2.45, 2.75) is 31.1 Å². The van der Waals surface area contributed by atoms with E-state index in [1.165, 1.54) is 11.6 Å². The highest BCUT2D eigenvalue weighted by Gasteiger charge is 2.19. The Balaban J connectivity index is 2.00. The zero-order valence-corrected chi connectivity index (χ0v) is 15.5. The molecule has 0 spiro atoms. The summed E-state index contributed by atoms with van der Waals surface area (Å²) in [6.45, 7) is 6.45. The van der Waals surface area contributed by atoms with E-state index in [1.807, 2.05) is 24.3 Å². The second-order valence-corrected chi connectivity index (χ2v) is 9.00. The molecular weight excluding hydrogens is 336 g/mol. The number of rotatable bonds is 3. The van der Waals surface area contributed by atoms with E-state index in [2.05, 4.69) is 30.9 Å². The largest absolute Gasteiger partial charge is 0.334 e. The van der Waals surface area contributed by atoms with Crippen LogP contribution in [0.25, 0.3) is 22.8 Å². The second kappa shape index (κ2) is 6.11. The van der Waals surface area contributed by atoms with Crippen LogP contribution in [0.1, 0.15) is 26.3 Å². The van der Waals surface area contributed by atoms with Crippen molar-refractivity contribution < 1.29 is 12.9 Å². The third-order valence-corrected chi connectivity index (χ3v) is 5.11. The molecule has 0 atom stereocenters. The minimum atomic E-state index is -3.39. The van der Waals surface area contributed by atoms with Crippen molar-refractivity contribution in [1.82, 2.24) is 10.1 Å². The number of sulfone groups is 1. The lowest BCUT2D eigenvalue weighted by atomic mass is 9.87. The van der Waals surface area contributed by atoms with Crippen molar-refractivity contribution in [2.75, 3.05) is 6.26 Å². The average molecular weight is 356 g/mol. The van der Waals surface area contributed by atoms with E-state index in [9.17, 15) is 8.42 Å². The summed E-state index contributed by atoms with van der Waals surface area (Å²) < 4.78 is 29.2. The van der Waals surface area contributed by atoms with Gasteiger partial charge in [-0.15, -0.1) is 0 Å². The van der Waals surface area contributed by atoms with E-state index >= 15 is 0 Å². The van der Waals surface area contributed by atoms with Crippen LogP contribution >= 0.6 is 0 Å². The summed E-state index contributed by atoms with van der Waals surface area (Å²) in [6, 6.07) is 14.6. The summed E-state index contributed by atoms with van der Waals surface area (Å²) in [5.41, 5.74) is 2.51. The molecule has 0 saturated heterocycles. The van der Waals surface area contributed by atoms with E-state index in [0.29, 0.717) is 11.4 Å². The highest BCUT2D eigenvalue weighted by atomic mass is 32.2. The van der Waals surface area contributed by atoms with Gasteiger partial charge in [0.25, 0.3) is 5.89 Å². The first-order chi connectivity index (χ1) is 11.7. The van der Waals surface area contributed by atoms with Gasteiger partial charge in [0.2, 0.25) is 5.82 Å². The van der Waals surface area contributed by atoms with Crippen LogP contribution in [0.15, 0.2) is 57.9 Å². The van der Waals surface area contributed by atoms with Crippen molar-refractivity contribution in [3.8, 4) is 22.8 Å². The van der Waals surface area contributed by atoms with Crippen LogP contribution < -0.4 is 0 Å². The maximum Gasteiger partial charge on any atom is 0.259 e. The molecular formula is C19H20N2O3S. The highest BCUT2D eigenvalue weighted by Crippen LogP contribution is 2.29. The van der Waals surface area contributed by atoms with E-state index < -0.39 is 9.84 Å². The van der Waals surface area contributed by atoms with Gasteiger partial charge in [0.05, 0.1) is 10.5 Å². The van der Waals surface area contributed by atoms with Crippen LogP contribution in [0.4, 0.5) is 0 Å². The van der Waals surface area contributed by atoms with E-state index in [1.54, 1.807) is 18.2 Å². The number of hydrogen-bond donors (Lipinski definition) is 0. The van der Waals surface area contributed by atoms with Gasteiger partial charge in [-0.25, -0.2) is 8.42 Å². The molecule has 0 N–H and O–H groups in total. The lowest BCUT2D eigenvalue weighted by molar-refractivity contribution is 0.431. The van der Waals surface area contributed by atoms with Gasteiger partial charge in [0.1, 0.15) is 0 Å². The Kier molecular flexibility index (Phi) is 4.24. The van der Waals surface area contributed by atoms with Crippen LogP contribution in [0.2, 0.25) is 0 Å². The molecule has 0 aliphatic rings. The van der Waals surface area contributed by atoms with Gasteiger partial charge in [-0.2, -0.15) is 4.98 Å². The van der Waals surface area contributed by atoms with E-state index in [-0.39, 0.29) is 16.2 Å². The smallest absolute Gasteiger partial charge is 0.259 e. The quantitative estimate of drug-likeness (QED) is 0.706. The van der Waals surface area contributed by atoms with Crippen LogP contribution in [0, 0.1) is 0 Å². The Labute approximate surface area is 147 Å². The Morgan fingerprint density at radius 1 is 0.960 bits per heavy atom. The van der Waals surface area contributed by atoms with Crippen molar-refractivity contribution in [3.05, 3.63) is 54.1 Å². The number of benzene rings is 2. The van der Waals surface area contributed by atoms with Gasteiger partial charge in [-0.1, -0.05) is 62.3 Å². The van der Waals surface area contributed by atoms with Crippen LogP contribution in [-0.4, -0.2) is 24.8 Å². The lowest BCUT2D eigenvalue weighted by Crippen LogP contribution is -2.10. The molecule has 0 aliphatic carbocycles. The summed E-state index contributed by atoms with van der Waals surface area (Å²) in [7, 11) is -3.39. The van der Waals surface area contributed by atoms with Gasteiger partial charge in [0, 0.05) is 11.8 Å². The molecule has 130 valence electrons. The summed E-state index contributed by atoms with van der Waals surface area (Å²) in [4.78, 5) is 4.55. The Morgan fingerprint density at radius 3 is 2.20 bits per heavy atom. The topological polar surface area (TPSA) is 73.1 Å². The Morgan fingerprint density at radius 2 is 1.60 bits per heavy atom. The molecule has 1 heterocycles. The first-order valence-corrected chi connectivity index (χ1v) is 9.79. The molecule has 0 aliphatic heterocycles. The zero-order chi connectivity index (χ0) is 18.2. The van der Waals surface area contributed by atoms with Crippen molar-refractivity contribution in [3.63, 3.8) is 0 Å². The van der Waals surface area contributed by atoms with E-state index in [0.717, 1.165) is 11.8 Å². The monoisotopic (exact) mass is 356 g/mol. The molecule has 2 aromatic carbocycles. The van der Waals surface area contributed by atoms with Gasteiger partial charge in [-0.05, 0) is 23.1 Å². The summed E-state index contributed by atoms with van der Waals surface area (Å²) in [5, 5.41) is 4.00. The first-order valence-electron chi connectivity index (χ1n) is 7.90. The predicted molar refractivity (Wildman–Crippen MR) is 97.0 cm³/mol. The predicted octanol–water partition coefficient (Wildman–Crippen LogP) is 4.10. The van der Waals surface area contributed by atoms with Gasteiger partial charge in [0.15, 0.2) is 9.84 Å². The first kappa shape index (κ1) is 17.4. The molecule has 5 nitrogen and oxygen atoms in total. The van der Waals surface area contributed by atoms with E-state index in [4.69, 9.17) is 4.52 Å². The minimum Gasteiger partial charge on any atom is -0.334 e.